The molecular formula is C13H14F3N3O3S. The molecule has 6 nitrogen and oxygen atoms in total. The Morgan fingerprint density at radius 3 is 2.61 bits per heavy atom. The van der Waals surface area contributed by atoms with Gasteiger partial charge in [-0.1, -0.05) is 35.0 Å². The minimum absolute atomic E-state index is 0.303. The van der Waals surface area contributed by atoms with E-state index < -0.39 is 28.1 Å². The lowest BCUT2D eigenvalue weighted by Gasteiger charge is -2.11. The standard InChI is InChI=1S/C13H14F3N3O3S/c1-8-4-3-5-10(6-8)7-23(20,21)19-9(2)11-17-12(22-18-11)13(14,15)16/h3-6,9,19H,7H2,1-2H3/t9-/m1/s1. The predicted molar refractivity (Wildman–Crippen MR) is 74.7 cm³/mol. The third kappa shape index (κ3) is 4.76. The van der Waals surface area contributed by atoms with Crippen molar-refractivity contribution in [2.75, 3.05) is 0 Å². The highest BCUT2D eigenvalue weighted by atomic mass is 32.2. The number of hydrogen-bond acceptors (Lipinski definition) is 5. The molecule has 1 atom stereocenters. The maximum atomic E-state index is 12.4. The Morgan fingerprint density at radius 2 is 2.04 bits per heavy atom. The van der Waals surface area contributed by atoms with E-state index in [1.807, 2.05) is 13.0 Å². The van der Waals surface area contributed by atoms with E-state index in [1.165, 1.54) is 6.92 Å². The molecule has 23 heavy (non-hydrogen) atoms. The first-order valence-corrected chi connectivity index (χ1v) is 8.18. The van der Waals surface area contributed by atoms with Gasteiger partial charge in [0, 0.05) is 0 Å². The van der Waals surface area contributed by atoms with Crippen molar-refractivity contribution < 1.29 is 26.1 Å². The van der Waals surface area contributed by atoms with Crippen LogP contribution in [0.5, 0.6) is 0 Å². The second-order valence-electron chi connectivity index (χ2n) is 5.04. The maximum Gasteiger partial charge on any atom is 0.471 e. The number of nitrogens with zero attached hydrogens (tertiary/aromatic N) is 2. The van der Waals surface area contributed by atoms with Crippen molar-refractivity contribution in [2.45, 2.75) is 31.8 Å². The molecule has 1 aromatic carbocycles. The van der Waals surface area contributed by atoms with Crippen molar-refractivity contribution >= 4 is 10.0 Å². The molecule has 0 saturated heterocycles. The smallest absolute Gasteiger partial charge is 0.329 e. The molecule has 0 bridgehead atoms. The average molecular weight is 349 g/mol. The number of aromatic nitrogens is 2. The third-order valence-corrected chi connectivity index (χ3v) is 4.29. The zero-order valence-corrected chi connectivity index (χ0v) is 13.1. The Hall–Kier alpha value is -1.94. The number of benzene rings is 1. The summed E-state index contributed by atoms with van der Waals surface area (Å²) in [6.07, 6.45) is -4.77. The molecule has 0 aliphatic carbocycles. The second kappa shape index (κ2) is 6.28. The number of nitrogens with one attached hydrogen (secondary N) is 1. The lowest BCUT2D eigenvalue weighted by atomic mass is 10.2. The molecule has 1 heterocycles. The van der Waals surface area contributed by atoms with Gasteiger partial charge < -0.3 is 4.52 Å². The molecule has 0 saturated carbocycles. The van der Waals surface area contributed by atoms with Gasteiger partial charge in [-0.05, 0) is 19.4 Å². The van der Waals surface area contributed by atoms with Gasteiger partial charge in [0.2, 0.25) is 10.0 Å². The molecule has 0 spiro atoms. The molecule has 0 unspecified atom stereocenters. The van der Waals surface area contributed by atoms with Crippen LogP contribution in [0.15, 0.2) is 28.8 Å². The van der Waals surface area contributed by atoms with Crippen LogP contribution in [0.2, 0.25) is 0 Å². The summed E-state index contributed by atoms with van der Waals surface area (Å²) in [5.74, 6) is -2.20. The molecule has 1 N–H and O–H groups in total. The second-order valence-corrected chi connectivity index (χ2v) is 6.80. The minimum Gasteiger partial charge on any atom is -0.329 e. The van der Waals surface area contributed by atoms with E-state index in [4.69, 9.17) is 0 Å². The highest BCUT2D eigenvalue weighted by Crippen LogP contribution is 2.28. The topological polar surface area (TPSA) is 85.1 Å². The van der Waals surface area contributed by atoms with Gasteiger partial charge in [0.05, 0.1) is 11.8 Å². The van der Waals surface area contributed by atoms with E-state index in [0.29, 0.717) is 5.56 Å². The minimum atomic E-state index is -4.77. The zero-order chi connectivity index (χ0) is 17.3. The number of sulfonamides is 1. The molecule has 2 aromatic rings. The molecule has 0 radical (unpaired) electrons. The summed E-state index contributed by atoms with van der Waals surface area (Å²) in [6.45, 7) is 3.16. The van der Waals surface area contributed by atoms with Gasteiger partial charge in [-0.25, -0.2) is 13.1 Å². The van der Waals surface area contributed by atoms with Crippen LogP contribution < -0.4 is 4.72 Å². The zero-order valence-electron chi connectivity index (χ0n) is 12.3. The van der Waals surface area contributed by atoms with Gasteiger partial charge in [0.1, 0.15) is 0 Å². The highest BCUT2D eigenvalue weighted by molar-refractivity contribution is 7.88. The molecule has 1 aromatic heterocycles. The number of aryl methyl sites for hydroxylation is 1. The molecule has 0 aliphatic rings. The quantitative estimate of drug-likeness (QED) is 0.897. The average Bonchev–Trinajstić information content (AvgIpc) is 2.86. The van der Waals surface area contributed by atoms with E-state index in [2.05, 4.69) is 19.4 Å². The predicted octanol–water partition coefficient (Wildman–Crippen LogP) is 2.58. The third-order valence-electron chi connectivity index (χ3n) is 2.87. The van der Waals surface area contributed by atoms with Crippen molar-refractivity contribution in [2.24, 2.45) is 0 Å². The summed E-state index contributed by atoms with van der Waals surface area (Å²) >= 11 is 0. The SMILES string of the molecule is Cc1cccc(CS(=O)(=O)N[C@H](C)c2noc(C(F)(F)F)n2)c1. The van der Waals surface area contributed by atoms with Crippen LogP contribution in [0.3, 0.4) is 0 Å². The Kier molecular flexibility index (Phi) is 4.76. The summed E-state index contributed by atoms with van der Waals surface area (Å²) in [7, 11) is -3.78. The van der Waals surface area contributed by atoms with Crippen molar-refractivity contribution in [3.63, 3.8) is 0 Å². The van der Waals surface area contributed by atoms with Gasteiger partial charge in [-0.15, -0.1) is 0 Å². The normalized spacial score (nSPS) is 14.0. The largest absolute Gasteiger partial charge is 0.471 e. The Bertz CT molecular complexity index is 787. The number of hydrogen-bond donors (Lipinski definition) is 1. The first-order chi connectivity index (χ1) is 10.6. The van der Waals surface area contributed by atoms with Crippen molar-refractivity contribution in [3.05, 3.63) is 47.1 Å². The van der Waals surface area contributed by atoms with Crippen molar-refractivity contribution in [3.8, 4) is 0 Å². The number of alkyl halides is 3. The van der Waals surface area contributed by atoms with Crippen LogP contribution in [-0.4, -0.2) is 18.6 Å². The van der Waals surface area contributed by atoms with Crippen molar-refractivity contribution in [1.29, 1.82) is 0 Å². The van der Waals surface area contributed by atoms with Gasteiger partial charge in [0.25, 0.3) is 0 Å². The number of rotatable bonds is 5. The molecule has 0 fully saturated rings. The van der Waals surface area contributed by atoms with Gasteiger partial charge >= 0.3 is 12.1 Å². The fourth-order valence-electron chi connectivity index (χ4n) is 1.91. The Balaban J connectivity index is 2.09. The van der Waals surface area contributed by atoms with Gasteiger partial charge in [-0.2, -0.15) is 18.2 Å². The molecule has 0 amide bonds. The van der Waals surface area contributed by atoms with E-state index in [9.17, 15) is 21.6 Å². The molecular weight excluding hydrogens is 335 g/mol. The van der Waals surface area contributed by atoms with Crippen molar-refractivity contribution in [1.82, 2.24) is 14.9 Å². The van der Waals surface area contributed by atoms with Crippen LogP contribution in [-0.2, 0) is 22.0 Å². The van der Waals surface area contributed by atoms with Gasteiger partial charge in [-0.3, -0.25) is 0 Å². The summed E-state index contributed by atoms with van der Waals surface area (Å²) in [4.78, 5) is 3.16. The van der Waals surface area contributed by atoms with E-state index in [1.54, 1.807) is 18.2 Å². The van der Waals surface area contributed by atoms with Gasteiger partial charge in [0.15, 0.2) is 5.82 Å². The monoisotopic (exact) mass is 349 g/mol. The molecule has 126 valence electrons. The maximum absolute atomic E-state index is 12.4. The van der Waals surface area contributed by atoms with Crippen LogP contribution in [0.25, 0.3) is 0 Å². The molecule has 2 rings (SSSR count). The fourth-order valence-corrected chi connectivity index (χ4v) is 3.26. The first kappa shape index (κ1) is 17.4. The van der Waals surface area contributed by atoms with E-state index in [-0.39, 0.29) is 11.6 Å². The van der Waals surface area contributed by atoms with E-state index in [0.717, 1.165) is 5.56 Å². The van der Waals surface area contributed by atoms with Crippen LogP contribution in [0.4, 0.5) is 13.2 Å². The van der Waals surface area contributed by atoms with Crippen LogP contribution >= 0.6 is 0 Å². The molecule has 0 aliphatic heterocycles. The number of halogens is 3. The fraction of sp³-hybridized carbons (Fsp3) is 0.385. The summed E-state index contributed by atoms with van der Waals surface area (Å²) in [6, 6.07) is 5.85. The lowest BCUT2D eigenvalue weighted by molar-refractivity contribution is -0.159. The Labute approximate surface area is 130 Å². The summed E-state index contributed by atoms with van der Waals surface area (Å²) < 4.78 is 67.6. The highest BCUT2D eigenvalue weighted by Gasteiger charge is 2.39. The summed E-state index contributed by atoms with van der Waals surface area (Å²) in [5, 5.41) is 3.15. The first-order valence-electron chi connectivity index (χ1n) is 6.53. The summed E-state index contributed by atoms with van der Waals surface area (Å²) in [5.41, 5.74) is 1.47. The van der Waals surface area contributed by atoms with E-state index >= 15 is 0 Å². The lowest BCUT2D eigenvalue weighted by Crippen LogP contribution is -2.28. The van der Waals surface area contributed by atoms with Crippen LogP contribution in [0, 0.1) is 6.92 Å². The molecule has 10 heteroatoms. The van der Waals surface area contributed by atoms with Crippen LogP contribution in [0.1, 0.15) is 35.8 Å². The Morgan fingerprint density at radius 1 is 1.35 bits per heavy atom.